The summed E-state index contributed by atoms with van der Waals surface area (Å²) in [7, 11) is 0. The van der Waals surface area contributed by atoms with E-state index in [1.54, 1.807) is 6.21 Å². The third-order valence-corrected chi connectivity index (χ3v) is 4.22. The van der Waals surface area contributed by atoms with Gasteiger partial charge in [-0.3, -0.25) is 4.79 Å². The largest absolute Gasteiger partial charge is 0.493 e. The standard InChI is InChI=1S/C21H25IN2O4/c1-3-11-26-19-8-5-16(20(13-19)27-12-4-2)14-23-24-21(25)15-28-18-9-6-17(22)7-10-18/h5-10,13-14H,3-4,11-12,15H2,1-2H3,(H,24,25). The van der Waals surface area contributed by atoms with Gasteiger partial charge in [-0.05, 0) is 71.8 Å². The average molecular weight is 496 g/mol. The van der Waals surface area contributed by atoms with Gasteiger partial charge in [-0.1, -0.05) is 13.8 Å². The van der Waals surface area contributed by atoms with Crippen molar-refractivity contribution in [3.8, 4) is 17.2 Å². The Bertz CT molecular complexity index is 778. The second kappa shape index (κ2) is 12.2. The highest BCUT2D eigenvalue weighted by molar-refractivity contribution is 14.1. The molecule has 0 aliphatic carbocycles. The molecular formula is C21H25IN2O4. The zero-order chi connectivity index (χ0) is 20.2. The topological polar surface area (TPSA) is 69.2 Å². The molecule has 0 fully saturated rings. The van der Waals surface area contributed by atoms with Crippen LogP contribution in [0, 0.1) is 3.57 Å². The molecule has 2 aromatic carbocycles. The number of hydrogen-bond acceptors (Lipinski definition) is 5. The number of nitrogens with one attached hydrogen (secondary N) is 1. The Labute approximate surface area is 179 Å². The molecule has 0 saturated carbocycles. The van der Waals surface area contributed by atoms with Crippen molar-refractivity contribution in [3.05, 3.63) is 51.6 Å². The number of hydrazone groups is 1. The molecule has 6 nitrogen and oxygen atoms in total. The van der Waals surface area contributed by atoms with E-state index in [-0.39, 0.29) is 12.5 Å². The first-order valence-corrected chi connectivity index (χ1v) is 10.3. The number of hydrogen-bond donors (Lipinski definition) is 1. The normalized spacial score (nSPS) is 10.7. The lowest BCUT2D eigenvalue weighted by molar-refractivity contribution is -0.123. The molecule has 2 rings (SSSR count). The van der Waals surface area contributed by atoms with E-state index in [9.17, 15) is 4.79 Å². The van der Waals surface area contributed by atoms with Gasteiger partial charge in [0.05, 0.1) is 19.4 Å². The Morgan fingerprint density at radius 2 is 1.68 bits per heavy atom. The summed E-state index contributed by atoms with van der Waals surface area (Å²) < 4.78 is 17.9. The molecule has 0 spiro atoms. The number of carbonyl (C=O) groups excluding carboxylic acids is 1. The zero-order valence-corrected chi connectivity index (χ0v) is 18.3. The highest BCUT2D eigenvalue weighted by atomic mass is 127. The Hall–Kier alpha value is -2.29. The summed E-state index contributed by atoms with van der Waals surface area (Å²) in [4.78, 5) is 11.9. The number of amides is 1. The first-order valence-electron chi connectivity index (χ1n) is 9.22. The minimum absolute atomic E-state index is 0.110. The summed E-state index contributed by atoms with van der Waals surface area (Å²) >= 11 is 2.21. The second-order valence-electron chi connectivity index (χ2n) is 5.93. The van der Waals surface area contributed by atoms with Crippen LogP contribution >= 0.6 is 22.6 Å². The van der Waals surface area contributed by atoms with Crippen molar-refractivity contribution in [2.24, 2.45) is 5.10 Å². The van der Waals surface area contributed by atoms with Gasteiger partial charge in [0.15, 0.2) is 6.61 Å². The van der Waals surface area contributed by atoms with Crippen LogP contribution in [0.4, 0.5) is 0 Å². The molecule has 0 aliphatic rings. The number of nitrogens with zero attached hydrogens (tertiary/aromatic N) is 1. The summed E-state index contributed by atoms with van der Waals surface area (Å²) in [6, 6.07) is 13.0. The van der Waals surface area contributed by atoms with Gasteiger partial charge in [0.25, 0.3) is 5.91 Å². The van der Waals surface area contributed by atoms with Crippen LogP contribution < -0.4 is 19.6 Å². The van der Waals surface area contributed by atoms with Gasteiger partial charge in [-0.25, -0.2) is 5.43 Å². The fraction of sp³-hybridized carbons (Fsp3) is 0.333. The number of benzene rings is 2. The van der Waals surface area contributed by atoms with Crippen molar-refractivity contribution in [2.75, 3.05) is 19.8 Å². The second-order valence-corrected chi connectivity index (χ2v) is 7.18. The van der Waals surface area contributed by atoms with Crippen molar-refractivity contribution in [3.63, 3.8) is 0 Å². The zero-order valence-electron chi connectivity index (χ0n) is 16.1. The third-order valence-electron chi connectivity index (χ3n) is 3.50. The number of ether oxygens (including phenoxy) is 3. The van der Waals surface area contributed by atoms with Crippen LogP contribution in [0.3, 0.4) is 0 Å². The molecule has 1 amide bonds. The van der Waals surface area contributed by atoms with E-state index < -0.39 is 0 Å². The first kappa shape index (κ1) is 22.0. The minimum atomic E-state index is -0.339. The quantitative estimate of drug-likeness (QED) is 0.285. The summed E-state index contributed by atoms with van der Waals surface area (Å²) in [5.74, 6) is 1.72. The predicted octanol–water partition coefficient (Wildman–Crippen LogP) is 4.40. The van der Waals surface area contributed by atoms with Gasteiger partial charge in [-0.2, -0.15) is 5.10 Å². The molecule has 0 radical (unpaired) electrons. The number of halogens is 1. The molecule has 0 saturated heterocycles. The SMILES string of the molecule is CCCOc1ccc(C=NNC(=O)COc2ccc(I)cc2)c(OCCC)c1. The summed E-state index contributed by atoms with van der Waals surface area (Å²) in [5, 5.41) is 4.00. The maximum absolute atomic E-state index is 11.9. The molecule has 0 aliphatic heterocycles. The van der Waals surface area contributed by atoms with Crippen LogP contribution in [-0.2, 0) is 4.79 Å². The van der Waals surface area contributed by atoms with E-state index in [1.165, 1.54) is 0 Å². The van der Waals surface area contributed by atoms with Crippen LogP contribution in [0.5, 0.6) is 17.2 Å². The van der Waals surface area contributed by atoms with Gasteiger partial charge >= 0.3 is 0 Å². The van der Waals surface area contributed by atoms with Crippen LogP contribution in [0.15, 0.2) is 47.6 Å². The van der Waals surface area contributed by atoms with Crippen LogP contribution in [0.2, 0.25) is 0 Å². The Balaban J connectivity index is 1.91. The number of carbonyl (C=O) groups is 1. The lowest BCUT2D eigenvalue weighted by Crippen LogP contribution is -2.24. The number of rotatable bonds is 11. The summed E-state index contributed by atoms with van der Waals surface area (Å²) in [6.45, 7) is 5.23. The van der Waals surface area contributed by atoms with Crippen molar-refractivity contribution in [1.82, 2.24) is 5.43 Å². The Kier molecular flexibility index (Phi) is 9.61. The van der Waals surface area contributed by atoms with Gasteiger partial charge in [0.1, 0.15) is 17.2 Å². The molecular weight excluding hydrogens is 471 g/mol. The maximum atomic E-state index is 11.9. The predicted molar refractivity (Wildman–Crippen MR) is 118 cm³/mol. The van der Waals surface area contributed by atoms with E-state index in [4.69, 9.17) is 14.2 Å². The molecule has 0 aromatic heterocycles. The van der Waals surface area contributed by atoms with Gasteiger partial charge < -0.3 is 14.2 Å². The lowest BCUT2D eigenvalue weighted by atomic mass is 10.2. The highest BCUT2D eigenvalue weighted by Crippen LogP contribution is 2.24. The van der Waals surface area contributed by atoms with Crippen molar-refractivity contribution in [2.45, 2.75) is 26.7 Å². The molecule has 2 aromatic rings. The molecule has 1 N–H and O–H groups in total. The van der Waals surface area contributed by atoms with Crippen LogP contribution in [-0.4, -0.2) is 31.9 Å². The molecule has 150 valence electrons. The monoisotopic (exact) mass is 496 g/mol. The third kappa shape index (κ3) is 7.75. The maximum Gasteiger partial charge on any atom is 0.277 e. The molecule has 0 atom stereocenters. The van der Waals surface area contributed by atoms with Crippen molar-refractivity contribution in [1.29, 1.82) is 0 Å². The Morgan fingerprint density at radius 3 is 2.39 bits per heavy atom. The fourth-order valence-electron chi connectivity index (χ4n) is 2.15. The highest BCUT2D eigenvalue weighted by Gasteiger charge is 2.06. The fourth-order valence-corrected chi connectivity index (χ4v) is 2.51. The smallest absolute Gasteiger partial charge is 0.277 e. The Morgan fingerprint density at radius 1 is 1.00 bits per heavy atom. The van der Waals surface area contributed by atoms with E-state index in [0.29, 0.717) is 24.7 Å². The summed E-state index contributed by atoms with van der Waals surface area (Å²) in [6.07, 6.45) is 3.38. The first-order chi connectivity index (χ1) is 13.6. The van der Waals surface area contributed by atoms with Crippen LogP contribution in [0.1, 0.15) is 32.3 Å². The molecule has 28 heavy (non-hydrogen) atoms. The lowest BCUT2D eigenvalue weighted by Gasteiger charge is -2.11. The molecule has 0 unspecified atom stereocenters. The van der Waals surface area contributed by atoms with Crippen LogP contribution in [0.25, 0.3) is 0 Å². The summed E-state index contributed by atoms with van der Waals surface area (Å²) in [5.41, 5.74) is 3.22. The minimum Gasteiger partial charge on any atom is -0.493 e. The van der Waals surface area contributed by atoms with E-state index in [0.717, 1.165) is 27.7 Å². The van der Waals surface area contributed by atoms with Gasteiger partial charge in [0, 0.05) is 15.2 Å². The van der Waals surface area contributed by atoms with E-state index in [1.807, 2.05) is 49.4 Å². The molecule has 0 bridgehead atoms. The van der Waals surface area contributed by atoms with Gasteiger partial charge in [0.2, 0.25) is 0 Å². The van der Waals surface area contributed by atoms with Crippen molar-refractivity contribution >= 4 is 34.7 Å². The van der Waals surface area contributed by atoms with Gasteiger partial charge in [-0.15, -0.1) is 0 Å². The average Bonchev–Trinajstić information content (AvgIpc) is 2.71. The van der Waals surface area contributed by atoms with E-state index >= 15 is 0 Å². The molecule has 0 heterocycles. The van der Waals surface area contributed by atoms with Crippen molar-refractivity contribution < 1.29 is 19.0 Å². The molecule has 7 heteroatoms. The van der Waals surface area contributed by atoms with E-state index in [2.05, 4.69) is 40.0 Å².